The van der Waals surface area contributed by atoms with Crippen LogP contribution in [-0.4, -0.2) is 29.4 Å². The minimum absolute atomic E-state index is 0.671. The monoisotopic (exact) mass is 259 g/mol. The second-order valence-electron chi connectivity index (χ2n) is 5.16. The highest BCUT2D eigenvalue weighted by Gasteiger charge is 2.43. The van der Waals surface area contributed by atoms with Crippen molar-refractivity contribution in [2.45, 2.75) is 51.5 Å². The van der Waals surface area contributed by atoms with Crippen LogP contribution in [-0.2, 0) is 0 Å². The quantitative estimate of drug-likeness (QED) is 0.700. The molecule has 2 rings (SSSR count). The van der Waals surface area contributed by atoms with Crippen molar-refractivity contribution in [3.8, 4) is 0 Å². The van der Waals surface area contributed by atoms with Crippen molar-refractivity contribution in [1.29, 1.82) is 0 Å². The van der Waals surface area contributed by atoms with Crippen molar-refractivity contribution in [2.75, 3.05) is 18.4 Å². The molecule has 1 aliphatic carbocycles. The van der Waals surface area contributed by atoms with Crippen LogP contribution in [0.2, 0.25) is 0 Å². The van der Waals surface area contributed by atoms with Gasteiger partial charge in [0.15, 0.2) is 0 Å². The highest BCUT2D eigenvalue weighted by atomic mass is 79.9. The number of hydrogen-bond donors (Lipinski definition) is 0. The molecule has 1 heterocycles. The Labute approximate surface area is 96.4 Å². The Bertz CT molecular complexity index is 189. The van der Waals surface area contributed by atoms with Crippen LogP contribution in [0.3, 0.4) is 0 Å². The van der Waals surface area contributed by atoms with Crippen LogP contribution >= 0.6 is 15.9 Å². The third-order valence-corrected chi connectivity index (χ3v) is 5.19. The number of alkyl halides is 1. The predicted molar refractivity (Wildman–Crippen MR) is 65.0 cm³/mol. The van der Waals surface area contributed by atoms with E-state index >= 15 is 0 Å². The Morgan fingerprint density at radius 3 is 2.71 bits per heavy atom. The van der Waals surface area contributed by atoms with Gasteiger partial charge in [-0.2, -0.15) is 0 Å². The van der Waals surface area contributed by atoms with E-state index in [9.17, 15) is 0 Å². The maximum Gasteiger partial charge on any atom is 0.0100 e. The largest absolute Gasteiger partial charge is 0.300 e. The highest BCUT2D eigenvalue weighted by molar-refractivity contribution is 9.09. The van der Waals surface area contributed by atoms with E-state index in [1.54, 1.807) is 0 Å². The molecule has 1 saturated carbocycles. The molecule has 0 aromatic heterocycles. The first-order chi connectivity index (χ1) is 6.79. The fourth-order valence-corrected chi connectivity index (χ4v) is 3.41. The van der Waals surface area contributed by atoms with Crippen LogP contribution in [0, 0.1) is 5.41 Å². The smallest absolute Gasteiger partial charge is 0.0100 e. The predicted octanol–water partition coefficient (Wildman–Crippen LogP) is 3.43. The van der Waals surface area contributed by atoms with Crippen molar-refractivity contribution in [3.63, 3.8) is 0 Å². The van der Waals surface area contributed by atoms with Gasteiger partial charge >= 0.3 is 0 Å². The molecule has 0 aromatic carbocycles. The zero-order chi connectivity index (χ0) is 10.0. The molecular formula is C12H22BrN. The van der Waals surface area contributed by atoms with Crippen LogP contribution < -0.4 is 0 Å². The summed E-state index contributed by atoms with van der Waals surface area (Å²) in [7, 11) is 0. The van der Waals surface area contributed by atoms with Gasteiger partial charge in [0.1, 0.15) is 0 Å². The molecule has 1 nitrogen and oxygen atoms in total. The number of nitrogens with zero attached hydrogens (tertiary/aromatic N) is 1. The topological polar surface area (TPSA) is 3.24 Å². The van der Waals surface area contributed by atoms with Gasteiger partial charge in [-0.1, -0.05) is 29.3 Å². The molecule has 1 aliphatic heterocycles. The van der Waals surface area contributed by atoms with Gasteiger partial charge < -0.3 is 0 Å². The van der Waals surface area contributed by atoms with Crippen LogP contribution in [0.5, 0.6) is 0 Å². The van der Waals surface area contributed by atoms with E-state index in [0.717, 1.165) is 6.04 Å². The molecule has 0 radical (unpaired) electrons. The number of likely N-dealkylation sites (tertiary alicyclic amines) is 1. The Hall–Kier alpha value is 0.440. The first-order valence-corrected chi connectivity index (χ1v) is 7.22. The van der Waals surface area contributed by atoms with Crippen LogP contribution in [0.25, 0.3) is 0 Å². The van der Waals surface area contributed by atoms with Crippen molar-refractivity contribution >= 4 is 15.9 Å². The fraction of sp³-hybridized carbons (Fsp3) is 1.00. The third kappa shape index (κ3) is 2.33. The van der Waals surface area contributed by atoms with E-state index in [2.05, 4.69) is 27.8 Å². The lowest BCUT2D eigenvalue weighted by molar-refractivity contribution is 0.121. The molecule has 2 heteroatoms. The molecule has 1 atom stereocenters. The summed E-state index contributed by atoms with van der Waals surface area (Å²) in [4.78, 5) is 2.76. The van der Waals surface area contributed by atoms with Crippen molar-refractivity contribution in [1.82, 2.24) is 4.90 Å². The molecule has 2 fully saturated rings. The molecule has 0 amide bonds. The van der Waals surface area contributed by atoms with E-state index in [4.69, 9.17) is 0 Å². The van der Waals surface area contributed by atoms with Crippen LogP contribution in [0.1, 0.15) is 45.4 Å². The lowest BCUT2D eigenvalue weighted by atomic mass is 9.97. The van der Waals surface area contributed by atoms with E-state index in [1.807, 2.05) is 0 Å². The molecule has 0 aromatic rings. The van der Waals surface area contributed by atoms with Crippen molar-refractivity contribution < 1.29 is 0 Å². The summed E-state index contributed by atoms with van der Waals surface area (Å²) in [5.74, 6) is 0. The lowest BCUT2D eigenvalue weighted by Crippen LogP contribution is -2.42. The Morgan fingerprint density at radius 1 is 1.36 bits per heavy atom. The molecule has 0 N–H and O–H groups in total. The van der Waals surface area contributed by atoms with E-state index < -0.39 is 0 Å². The van der Waals surface area contributed by atoms with Crippen LogP contribution in [0.4, 0.5) is 0 Å². The third-order valence-electron chi connectivity index (χ3n) is 4.00. The SMILES string of the molecule is CCC1CCCCN1CC1(CBr)CC1. The second-order valence-corrected chi connectivity index (χ2v) is 5.72. The summed E-state index contributed by atoms with van der Waals surface area (Å²) < 4.78 is 0. The normalized spacial score (nSPS) is 31.7. The number of hydrogen-bond acceptors (Lipinski definition) is 1. The summed E-state index contributed by atoms with van der Waals surface area (Å²) >= 11 is 3.68. The minimum atomic E-state index is 0.671. The van der Waals surface area contributed by atoms with E-state index in [0.29, 0.717) is 5.41 Å². The maximum absolute atomic E-state index is 3.68. The van der Waals surface area contributed by atoms with Gasteiger partial charge in [-0.05, 0) is 44.1 Å². The molecule has 2 aliphatic rings. The summed E-state index contributed by atoms with van der Waals surface area (Å²) in [5, 5.41) is 1.22. The van der Waals surface area contributed by atoms with Crippen molar-refractivity contribution in [3.05, 3.63) is 0 Å². The maximum atomic E-state index is 3.68. The minimum Gasteiger partial charge on any atom is -0.300 e. The van der Waals surface area contributed by atoms with Gasteiger partial charge in [-0.15, -0.1) is 0 Å². The number of piperidine rings is 1. The van der Waals surface area contributed by atoms with E-state index in [-0.39, 0.29) is 0 Å². The Morgan fingerprint density at radius 2 is 2.14 bits per heavy atom. The number of rotatable bonds is 4. The molecule has 0 spiro atoms. The fourth-order valence-electron chi connectivity index (χ4n) is 2.67. The van der Waals surface area contributed by atoms with Gasteiger partial charge in [0.25, 0.3) is 0 Å². The Balaban J connectivity index is 1.88. The van der Waals surface area contributed by atoms with Gasteiger partial charge in [0.05, 0.1) is 0 Å². The first-order valence-electron chi connectivity index (χ1n) is 6.10. The Kier molecular flexibility index (Phi) is 3.54. The van der Waals surface area contributed by atoms with Gasteiger partial charge in [0, 0.05) is 17.9 Å². The summed E-state index contributed by atoms with van der Waals surface area (Å²) in [6, 6.07) is 0.889. The summed E-state index contributed by atoms with van der Waals surface area (Å²) in [5.41, 5.74) is 0.671. The van der Waals surface area contributed by atoms with Gasteiger partial charge in [-0.3, -0.25) is 4.90 Å². The van der Waals surface area contributed by atoms with Crippen molar-refractivity contribution in [2.24, 2.45) is 5.41 Å². The zero-order valence-corrected chi connectivity index (χ0v) is 10.9. The molecule has 1 unspecified atom stereocenters. The first kappa shape index (κ1) is 10.9. The molecule has 1 saturated heterocycles. The van der Waals surface area contributed by atoms with Crippen LogP contribution in [0.15, 0.2) is 0 Å². The average molecular weight is 260 g/mol. The average Bonchev–Trinajstić information content (AvgIpc) is 2.99. The summed E-state index contributed by atoms with van der Waals surface area (Å²) in [6.45, 7) is 5.06. The molecular weight excluding hydrogens is 238 g/mol. The second kappa shape index (κ2) is 4.52. The molecule has 14 heavy (non-hydrogen) atoms. The summed E-state index contributed by atoms with van der Waals surface area (Å²) in [6.07, 6.45) is 8.56. The van der Waals surface area contributed by atoms with E-state index in [1.165, 1.54) is 56.9 Å². The van der Waals surface area contributed by atoms with Gasteiger partial charge in [-0.25, -0.2) is 0 Å². The standard InChI is InChI=1S/C12H22BrN/c1-2-11-5-3-4-8-14(11)10-12(9-13)6-7-12/h11H,2-10H2,1H3. The highest BCUT2D eigenvalue weighted by Crippen LogP contribution is 2.48. The van der Waals surface area contributed by atoms with Gasteiger partial charge in [0.2, 0.25) is 0 Å². The zero-order valence-electron chi connectivity index (χ0n) is 9.27. The number of halogens is 1. The lowest BCUT2D eigenvalue weighted by Gasteiger charge is -2.37. The molecule has 82 valence electrons. The molecule has 0 bridgehead atoms.